The number of hydrogen-bond acceptors (Lipinski definition) is 4. The first-order valence-corrected chi connectivity index (χ1v) is 7.50. The van der Waals surface area contributed by atoms with Gasteiger partial charge < -0.3 is 14.4 Å². The molecule has 1 aromatic rings. The Bertz CT molecular complexity index is 545. The Hall–Kier alpha value is -2.04. The van der Waals surface area contributed by atoms with E-state index in [1.807, 2.05) is 20.8 Å². The summed E-state index contributed by atoms with van der Waals surface area (Å²) in [6, 6.07) is 6.42. The van der Waals surface area contributed by atoms with Crippen LogP contribution in [0, 0.1) is 0 Å². The average Bonchev–Trinajstić information content (AvgIpc) is 2.94. The third-order valence-corrected chi connectivity index (χ3v) is 3.53. The molecule has 1 saturated heterocycles. The van der Waals surface area contributed by atoms with Gasteiger partial charge in [0.25, 0.3) is 5.91 Å². The Morgan fingerprint density at radius 2 is 1.82 bits per heavy atom. The zero-order valence-electron chi connectivity index (χ0n) is 13.6. The molecule has 5 nitrogen and oxygen atoms in total. The van der Waals surface area contributed by atoms with E-state index in [-0.39, 0.29) is 11.9 Å². The fourth-order valence-electron chi connectivity index (χ4n) is 2.52. The first-order chi connectivity index (χ1) is 10.3. The molecule has 2 rings (SSSR count). The molecule has 0 aliphatic carbocycles. The van der Waals surface area contributed by atoms with Gasteiger partial charge in [0.05, 0.1) is 7.11 Å². The number of likely N-dealkylation sites (tertiary alicyclic amines) is 1. The molecule has 0 saturated carbocycles. The third-order valence-electron chi connectivity index (χ3n) is 3.53. The number of ether oxygens (including phenoxy) is 2. The van der Waals surface area contributed by atoms with Crippen molar-refractivity contribution in [3.8, 4) is 5.75 Å². The molecule has 5 heteroatoms. The Balaban J connectivity index is 2.12. The molecule has 0 spiro atoms. The number of hydrogen-bond donors (Lipinski definition) is 0. The van der Waals surface area contributed by atoms with Gasteiger partial charge in [0.2, 0.25) is 0 Å². The Labute approximate surface area is 131 Å². The summed E-state index contributed by atoms with van der Waals surface area (Å²) >= 11 is 0. The first-order valence-electron chi connectivity index (χ1n) is 7.50. The number of carbonyl (C=O) groups excluding carboxylic acids is 2. The van der Waals surface area contributed by atoms with Crippen LogP contribution < -0.4 is 4.74 Å². The van der Waals surface area contributed by atoms with Crippen molar-refractivity contribution in [3.63, 3.8) is 0 Å². The molecular weight excluding hydrogens is 282 g/mol. The van der Waals surface area contributed by atoms with E-state index in [1.54, 1.807) is 36.3 Å². The van der Waals surface area contributed by atoms with E-state index < -0.39 is 11.6 Å². The van der Waals surface area contributed by atoms with Crippen molar-refractivity contribution in [1.82, 2.24) is 4.90 Å². The highest BCUT2D eigenvalue weighted by Crippen LogP contribution is 2.24. The largest absolute Gasteiger partial charge is 0.497 e. The highest BCUT2D eigenvalue weighted by atomic mass is 16.6. The van der Waals surface area contributed by atoms with Crippen LogP contribution in [0.15, 0.2) is 24.3 Å². The van der Waals surface area contributed by atoms with Crippen molar-refractivity contribution in [3.05, 3.63) is 29.8 Å². The van der Waals surface area contributed by atoms with Crippen LogP contribution in [0.25, 0.3) is 0 Å². The molecule has 0 aromatic heterocycles. The van der Waals surface area contributed by atoms with Crippen LogP contribution in [0.4, 0.5) is 0 Å². The SMILES string of the molecule is COc1ccc(C(=O)N2CCC[C@H]2C(=O)OC(C)(C)C)cc1. The summed E-state index contributed by atoms with van der Waals surface area (Å²) in [7, 11) is 1.58. The molecule has 1 aromatic carbocycles. The van der Waals surface area contributed by atoms with Gasteiger partial charge in [-0.05, 0) is 57.9 Å². The minimum Gasteiger partial charge on any atom is -0.497 e. The van der Waals surface area contributed by atoms with E-state index >= 15 is 0 Å². The zero-order chi connectivity index (χ0) is 16.3. The predicted octanol–water partition coefficient (Wildman–Crippen LogP) is 2.64. The maximum Gasteiger partial charge on any atom is 0.329 e. The number of esters is 1. The van der Waals surface area contributed by atoms with Crippen molar-refractivity contribution < 1.29 is 19.1 Å². The normalized spacial score (nSPS) is 18.2. The van der Waals surface area contributed by atoms with Gasteiger partial charge in [-0.25, -0.2) is 4.79 Å². The van der Waals surface area contributed by atoms with Crippen molar-refractivity contribution >= 4 is 11.9 Å². The summed E-state index contributed by atoms with van der Waals surface area (Å²) in [6.45, 7) is 6.06. The molecule has 0 unspecified atom stereocenters. The van der Waals surface area contributed by atoms with Gasteiger partial charge >= 0.3 is 5.97 Å². The summed E-state index contributed by atoms with van der Waals surface area (Å²) in [5.74, 6) is 0.226. The molecule has 120 valence electrons. The van der Waals surface area contributed by atoms with Crippen molar-refractivity contribution in [2.75, 3.05) is 13.7 Å². The predicted molar refractivity (Wildman–Crippen MR) is 82.9 cm³/mol. The van der Waals surface area contributed by atoms with Gasteiger partial charge in [0.1, 0.15) is 17.4 Å². The summed E-state index contributed by atoms with van der Waals surface area (Å²) in [5, 5.41) is 0. The van der Waals surface area contributed by atoms with Crippen LogP contribution in [-0.4, -0.2) is 42.1 Å². The molecule has 0 N–H and O–H groups in total. The molecule has 22 heavy (non-hydrogen) atoms. The van der Waals surface area contributed by atoms with Crippen LogP contribution in [0.3, 0.4) is 0 Å². The minimum atomic E-state index is -0.547. The summed E-state index contributed by atoms with van der Waals surface area (Å²) in [6.07, 6.45) is 1.46. The molecule has 1 aliphatic rings. The van der Waals surface area contributed by atoms with E-state index in [4.69, 9.17) is 9.47 Å². The number of benzene rings is 1. The minimum absolute atomic E-state index is 0.143. The second-order valence-corrected chi connectivity index (χ2v) is 6.42. The molecule has 1 atom stereocenters. The van der Waals surface area contributed by atoms with Crippen LogP contribution >= 0.6 is 0 Å². The van der Waals surface area contributed by atoms with Crippen molar-refractivity contribution in [2.45, 2.75) is 45.3 Å². The molecule has 1 fully saturated rings. The Kier molecular flexibility index (Phi) is 4.74. The van der Waals surface area contributed by atoms with Crippen LogP contribution in [-0.2, 0) is 9.53 Å². The van der Waals surface area contributed by atoms with Gasteiger partial charge in [0.15, 0.2) is 0 Å². The maximum atomic E-state index is 12.6. The Morgan fingerprint density at radius 1 is 1.18 bits per heavy atom. The monoisotopic (exact) mass is 305 g/mol. The lowest BCUT2D eigenvalue weighted by Gasteiger charge is -2.27. The number of carbonyl (C=O) groups is 2. The second-order valence-electron chi connectivity index (χ2n) is 6.42. The lowest BCUT2D eigenvalue weighted by Crippen LogP contribution is -2.43. The van der Waals surface area contributed by atoms with Gasteiger partial charge in [-0.1, -0.05) is 0 Å². The fourth-order valence-corrected chi connectivity index (χ4v) is 2.52. The molecule has 1 amide bonds. The van der Waals surface area contributed by atoms with E-state index in [0.29, 0.717) is 24.3 Å². The van der Waals surface area contributed by atoms with Gasteiger partial charge in [-0.2, -0.15) is 0 Å². The average molecular weight is 305 g/mol. The van der Waals surface area contributed by atoms with E-state index in [2.05, 4.69) is 0 Å². The topological polar surface area (TPSA) is 55.8 Å². The number of amides is 1. The third kappa shape index (κ3) is 3.78. The Morgan fingerprint density at radius 3 is 2.36 bits per heavy atom. The number of rotatable bonds is 3. The van der Waals surface area contributed by atoms with Gasteiger partial charge in [0, 0.05) is 12.1 Å². The van der Waals surface area contributed by atoms with E-state index in [1.165, 1.54) is 0 Å². The van der Waals surface area contributed by atoms with E-state index in [0.717, 1.165) is 6.42 Å². The quantitative estimate of drug-likeness (QED) is 0.806. The number of nitrogens with zero attached hydrogens (tertiary/aromatic N) is 1. The summed E-state index contributed by atoms with van der Waals surface area (Å²) in [4.78, 5) is 26.5. The highest BCUT2D eigenvalue weighted by Gasteiger charge is 2.37. The zero-order valence-corrected chi connectivity index (χ0v) is 13.6. The molecule has 0 bridgehead atoms. The lowest BCUT2D eigenvalue weighted by molar-refractivity contribution is -0.159. The second kappa shape index (κ2) is 6.38. The molecule has 1 aliphatic heterocycles. The van der Waals surface area contributed by atoms with Crippen LogP contribution in [0.5, 0.6) is 5.75 Å². The van der Waals surface area contributed by atoms with Crippen LogP contribution in [0.1, 0.15) is 44.0 Å². The maximum absolute atomic E-state index is 12.6. The standard InChI is InChI=1S/C17H23NO4/c1-17(2,3)22-16(20)14-6-5-11-18(14)15(19)12-7-9-13(21-4)10-8-12/h7-10,14H,5-6,11H2,1-4H3/t14-/m0/s1. The van der Waals surface area contributed by atoms with Gasteiger partial charge in [-0.15, -0.1) is 0 Å². The smallest absolute Gasteiger partial charge is 0.329 e. The van der Waals surface area contributed by atoms with Crippen molar-refractivity contribution in [1.29, 1.82) is 0 Å². The molecular formula is C17H23NO4. The van der Waals surface area contributed by atoms with Crippen molar-refractivity contribution in [2.24, 2.45) is 0 Å². The van der Waals surface area contributed by atoms with Gasteiger partial charge in [-0.3, -0.25) is 4.79 Å². The van der Waals surface area contributed by atoms with E-state index in [9.17, 15) is 9.59 Å². The first kappa shape index (κ1) is 16.3. The van der Waals surface area contributed by atoms with Crippen LogP contribution in [0.2, 0.25) is 0 Å². The molecule has 0 radical (unpaired) electrons. The highest BCUT2D eigenvalue weighted by molar-refractivity contribution is 5.97. The summed E-state index contributed by atoms with van der Waals surface area (Å²) < 4.78 is 10.5. The lowest BCUT2D eigenvalue weighted by atomic mass is 10.1. The number of methoxy groups -OCH3 is 1. The molecule has 1 heterocycles. The fraction of sp³-hybridized carbons (Fsp3) is 0.529. The summed E-state index contributed by atoms with van der Waals surface area (Å²) in [5.41, 5.74) is 0.00497.